The number of nitro benzene ring substituents is 1. The summed E-state index contributed by atoms with van der Waals surface area (Å²) in [5.41, 5.74) is 0.827. The standard InChI is InChI=1S/C12H15NO4S/c1-7(2)11(12(14)15)18-10-6-8(3)4-5-9(10)13(16)17/h4-7,11H,1-3H3,(H,14,15). The van der Waals surface area contributed by atoms with Crippen LogP contribution in [0.2, 0.25) is 0 Å². The van der Waals surface area contributed by atoms with Gasteiger partial charge in [-0.05, 0) is 24.5 Å². The predicted molar refractivity (Wildman–Crippen MR) is 70.0 cm³/mol. The molecule has 0 spiro atoms. The number of aliphatic carboxylic acids is 1. The topological polar surface area (TPSA) is 80.4 Å². The molecule has 1 atom stereocenters. The third kappa shape index (κ3) is 3.46. The first-order valence-corrected chi connectivity index (χ1v) is 6.35. The summed E-state index contributed by atoms with van der Waals surface area (Å²) in [7, 11) is 0. The molecule has 98 valence electrons. The molecule has 5 nitrogen and oxygen atoms in total. The van der Waals surface area contributed by atoms with E-state index in [0.29, 0.717) is 4.90 Å². The molecule has 18 heavy (non-hydrogen) atoms. The second-order valence-electron chi connectivity index (χ2n) is 4.35. The Hall–Kier alpha value is -1.56. The van der Waals surface area contributed by atoms with Crippen molar-refractivity contribution < 1.29 is 14.8 Å². The minimum absolute atomic E-state index is 0.0440. The van der Waals surface area contributed by atoms with E-state index in [9.17, 15) is 14.9 Å². The summed E-state index contributed by atoms with van der Waals surface area (Å²) in [5.74, 6) is -1.06. The van der Waals surface area contributed by atoms with Crippen LogP contribution < -0.4 is 0 Å². The highest BCUT2D eigenvalue weighted by Gasteiger charge is 2.26. The number of aryl methyl sites for hydroxylation is 1. The van der Waals surface area contributed by atoms with Gasteiger partial charge in [0.25, 0.3) is 5.69 Å². The predicted octanol–water partition coefficient (Wildman–Crippen LogP) is 3.10. The molecule has 0 bridgehead atoms. The summed E-state index contributed by atoms with van der Waals surface area (Å²) in [6.07, 6.45) is 0. The van der Waals surface area contributed by atoms with Crippen molar-refractivity contribution in [2.45, 2.75) is 30.9 Å². The van der Waals surface area contributed by atoms with Crippen molar-refractivity contribution in [3.8, 4) is 0 Å². The van der Waals surface area contributed by atoms with Crippen LogP contribution in [0.5, 0.6) is 0 Å². The van der Waals surface area contributed by atoms with Crippen molar-refractivity contribution in [1.29, 1.82) is 0 Å². The van der Waals surface area contributed by atoms with Gasteiger partial charge in [0, 0.05) is 6.07 Å². The fourth-order valence-corrected chi connectivity index (χ4v) is 2.64. The van der Waals surface area contributed by atoms with E-state index in [2.05, 4.69) is 0 Å². The number of rotatable bonds is 5. The van der Waals surface area contributed by atoms with Gasteiger partial charge in [-0.1, -0.05) is 19.9 Å². The molecular weight excluding hydrogens is 254 g/mol. The third-order valence-electron chi connectivity index (χ3n) is 2.41. The summed E-state index contributed by atoms with van der Waals surface area (Å²) in [6.45, 7) is 5.39. The van der Waals surface area contributed by atoms with Gasteiger partial charge in [-0.3, -0.25) is 14.9 Å². The van der Waals surface area contributed by atoms with Crippen molar-refractivity contribution in [1.82, 2.24) is 0 Å². The van der Waals surface area contributed by atoms with Crippen molar-refractivity contribution >= 4 is 23.4 Å². The average molecular weight is 269 g/mol. The van der Waals surface area contributed by atoms with Crippen molar-refractivity contribution in [3.05, 3.63) is 33.9 Å². The van der Waals surface area contributed by atoms with Crippen LogP contribution in [-0.2, 0) is 4.79 Å². The number of hydrogen-bond acceptors (Lipinski definition) is 4. The lowest BCUT2D eigenvalue weighted by molar-refractivity contribution is -0.387. The molecular formula is C12H15NO4S. The summed E-state index contributed by atoms with van der Waals surface area (Å²) in [5, 5.41) is 19.3. The highest BCUT2D eigenvalue weighted by atomic mass is 32.2. The molecule has 0 aliphatic carbocycles. The molecule has 0 aliphatic heterocycles. The summed E-state index contributed by atoms with van der Waals surface area (Å²) in [4.78, 5) is 21.9. The third-order valence-corrected chi connectivity index (χ3v) is 4.00. The number of hydrogen-bond donors (Lipinski definition) is 1. The maximum Gasteiger partial charge on any atom is 0.317 e. The Bertz CT molecular complexity index is 473. The van der Waals surface area contributed by atoms with E-state index in [1.54, 1.807) is 26.0 Å². The smallest absolute Gasteiger partial charge is 0.317 e. The quantitative estimate of drug-likeness (QED) is 0.504. The van der Waals surface area contributed by atoms with E-state index in [1.165, 1.54) is 6.07 Å². The monoisotopic (exact) mass is 269 g/mol. The van der Waals surface area contributed by atoms with Gasteiger partial charge in [0.15, 0.2) is 0 Å². The summed E-state index contributed by atoms with van der Waals surface area (Å²) in [6, 6.07) is 4.71. The van der Waals surface area contributed by atoms with Gasteiger partial charge in [-0.15, -0.1) is 11.8 Å². The van der Waals surface area contributed by atoms with Gasteiger partial charge in [0.2, 0.25) is 0 Å². The second-order valence-corrected chi connectivity index (χ2v) is 5.53. The van der Waals surface area contributed by atoms with Crippen LogP contribution in [0.1, 0.15) is 19.4 Å². The minimum Gasteiger partial charge on any atom is -0.480 e. The maximum absolute atomic E-state index is 11.1. The van der Waals surface area contributed by atoms with Gasteiger partial charge in [-0.2, -0.15) is 0 Å². The van der Waals surface area contributed by atoms with Gasteiger partial charge in [0.1, 0.15) is 5.25 Å². The zero-order chi connectivity index (χ0) is 13.9. The molecule has 0 fully saturated rings. The largest absolute Gasteiger partial charge is 0.480 e. The fraction of sp³-hybridized carbons (Fsp3) is 0.417. The average Bonchev–Trinajstić information content (AvgIpc) is 2.24. The first-order valence-electron chi connectivity index (χ1n) is 5.47. The molecule has 1 N–H and O–H groups in total. The summed E-state index contributed by atoms with van der Waals surface area (Å²) >= 11 is 1.03. The molecule has 0 saturated carbocycles. The number of benzene rings is 1. The summed E-state index contributed by atoms with van der Waals surface area (Å²) < 4.78 is 0. The molecule has 1 unspecified atom stereocenters. The molecule has 1 aromatic rings. The molecule has 6 heteroatoms. The SMILES string of the molecule is Cc1ccc([N+](=O)[O-])c(SC(C(=O)O)C(C)C)c1. The molecule has 0 aliphatic rings. The number of carboxylic acid groups (broad SMARTS) is 1. The lowest BCUT2D eigenvalue weighted by atomic mass is 10.1. The van der Waals surface area contributed by atoms with E-state index in [-0.39, 0.29) is 11.6 Å². The number of thioether (sulfide) groups is 1. The van der Waals surface area contributed by atoms with Crippen LogP contribution in [0.25, 0.3) is 0 Å². The van der Waals surface area contributed by atoms with Crippen LogP contribution in [-0.4, -0.2) is 21.2 Å². The normalized spacial score (nSPS) is 12.4. The van der Waals surface area contributed by atoms with Crippen molar-refractivity contribution in [2.24, 2.45) is 5.92 Å². The lowest BCUT2D eigenvalue weighted by Gasteiger charge is -2.15. The van der Waals surface area contributed by atoms with Crippen LogP contribution in [0.3, 0.4) is 0 Å². The molecule has 0 saturated heterocycles. The Morgan fingerprint density at radius 3 is 2.50 bits per heavy atom. The van der Waals surface area contributed by atoms with Crippen LogP contribution in [0, 0.1) is 23.0 Å². The van der Waals surface area contributed by atoms with Gasteiger partial charge < -0.3 is 5.11 Å². The minimum atomic E-state index is -0.953. The van der Waals surface area contributed by atoms with E-state index in [4.69, 9.17) is 5.11 Å². The Labute approximate surface area is 109 Å². The Morgan fingerprint density at radius 1 is 1.44 bits per heavy atom. The number of nitrogens with zero attached hydrogens (tertiary/aromatic N) is 1. The van der Waals surface area contributed by atoms with E-state index in [1.807, 2.05) is 6.92 Å². The molecule has 0 radical (unpaired) electrons. The second kappa shape index (κ2) is 5.86. The first kappa shape index (κ1) is 14.5. The molecule has 1 aromatic carbocycles. The van der Waals surface area contributed by atoms with Crippen LogP contribution in [0.4, 0.5) is 5.69 Å². The zero-order valence-electron chi connectivity index (χ0n) is 10.4. The molecule has 0 aromatic heterocycles. The number of carboxylic acids is 1. The van der Waals surface area contributed by atoms with E-state index >= 15 is 0 Å². The Balaban J connectivity index is 3.12. The highest BCUT2D eigenvalue weighted by molar-refractivity contribution is 8.00. The Kier molecular flexibility index (Phi) is 4.72. The van der Waals surface area contributed by atoms with Crippen LogP contribution >= 0.6 is 11.8 Å². The van der Waals surface area contributed by atoms with Crippen LogP contribution in [0.15, 0.2) is 23.1 Å². The van der Waals surface area contributed by atoms with E-state index in [0.717, 1.165) is 17.3 Å². The lowest BCUT2D eigenvalue weighted by Crippen LogP contribution is -2.22. The number of carbonyl (C=O) groups is 1. The molecule has 1 rings (SSSR count). The Morgan fingerprint density at radius 2 is 2.06 bits per heavy atom. The van der Waals surface area contributed by atoms with E-state index < -0.39 is 16.1 Å². The number of nitro groups is 1. The van der Waals surface area contributed by atoms with Gasteiger partial charge in [-0.25, -0.2) is 0 Å². The molecule has 0 heterocycles. The zero-order valence-corrected chi connectivity index (χ0v) is 11.2. The van der Waals surface area contributed by atoms with Crippen molar-refractivity contribution in [3.63, 3.8) is 0 Å². The fourth-order valence-electron chi connectivity index (χ4n) is 1.48. The molecule has 0 amide bonds. The van der Waals surface area contributed by atoms with Crippen molar-refractivity contribution in [2.75, 3.05) is 0 Å². The first-order chi connectivity index (χ1) is 8.32. The van der Waals surface area contributed by atoms with Gasteiger partial charge >= 0.3 is 5.97 Å². The highest BCUT2D eigenvalue weighted by Crippen LogP contribution is 2.35. The maximum atomic E-state index is 11.1. The van der Waals surface area contributed by atoms with Gasteiger partial charge in [0.05, 0.1) is 9.82 Å².